The van der Waals surface area contributed by atoms with Gasteiger partial charge in [-0.3, -0.25) is 4.90 Å². The molecule has 148 valence electrons. The van der Waals surface area contributed by atoms with E-state index in [0.29, 0.717) is 18.0 Å². The lowest BCUT2D eigenvalue weighted by Crippen LogP contribution is -2.41. The Hall–Kier alpha value is -1.35. The minimum absolute atomic E-state index is 0.0395. The number of piperidine rings is 1. The molecule has 1 fully saturated rings. The van der Waals surface area contributed by atoms with Gasteiger partial charge >= 0.3 is 0 Å². The van der Waals surface area contributed by atoms with Gasteiger partial charge in [-0.25, -0.2) is 13.1 Å². The zero-order chi connectivity index (χ0) is 19.0. The highest BCUT2D eigenvalue weighted by Gasteiger charge is 2.25. The Labute approximate surface area is 156 Å². The number of methoxy groups -OCH3 is 3. The van der Waals surface area contributed by atoms with E-state index < -0.39 is 10.0 Å². The van der Waals surface area contributed by atoms with E-state index in [0.717, 1.165) is 31.5 Å². The van der Waals surface area contributed by atoms with Crippen LogP contribution in [-0.2, 0) is 14.8 Å². The summed E-state index contributed by atoms with van der Waals surface area (Å²) in [7, 11) is 1.33. The highest BCUT2D eigenvalue weighted by molar-refractivity contribution is 7.89. The highest BCUT2D eigenvalue weighted by Crippen LogP contribution is 2.32. The standard InChI is InChI=1S/C18H30N2O5S/c1-23-11-12-26(21,22)19-14-16(20-9-5-4-6-10-20)15-7-8-17(24-2)18(13-15)25-3/h7-8,13,16,19H,4-6,9-12,14H2,1-3H3. The molecule has 26 heavy (non-hydrogen) atoms. The summed E-state index contributed by atoms with van der Waals surface area (Å²) in [5.41, 5.74) is 1.01. The second-order valence-electron chi connectivity index (χ2n) is 6.39. The van der Waals surface area contributed by atoms with Crippen molar-refractivity contribution in [1.82, 2.24) is 9.62 Å². The van der Waals surface area contributed by atoms with E-state index in [1.165, 1.54) is 13.5 Å². The molecule has 2 rings (SSSR count). The second-order valence-corrected chi connectivity index (χ2v) is 8.31. The van der Waals surface area contributed by atoms with Crippen LogP contribution in [0.15, 0.2) is 18.2 Å². The predicted octanol–water partition coefficient (Wildman–Crippen LogP) is 1.80. The molecule has 1 atom stereocenters. The van der Waals surface area contributed by atoms with Crippen LogP contribution in [0.2, 0.25) is 0 Å². The number of likely N-dealkylation sites (tertiary alicyclic amines) is 1. The summed E-state index contributed by atoms with van der Waals surface area (Å²) in [5, 5.41) is 0. The Bertz CT molecular complexity index is 660. The molecule has 0 aromatic heterocycles. The molecule has 8 heteroatoms. The summed E-state index contributed by atoms with van der Waals surface area (Å²) in [4.78, 5) is 2.34. The predicted molar refractivity (Wildman–Crippen MR) is 101 cm³/mol. The van der Waals surface area contributed by atoms with Crippen molar-refractivity contribution in [2.24, 2.45) is 0 Å². The zero-order valence-corrected chi connectivity index (χ0v) is 16.7. The van der Waals surface area contributed by atoms with Crippen LogP contribution in [0.3, 0.4) is 0 Å². The van der Waals surface area contributed by atoms with E-state index in [1.54, 1.807) is 14.2 Å². The number of nitrogens with zero attached hydrogens (tertiary/aromatic N) is 1. The Balaban J connectivity index is 2.21. The molecule has 1 heterocycles. The molecule has 0 saturated carbocycles. The average Bonchev–Trinajstić information content (AvgIpc) is 2.67. The third-order valence-electron chi connectivity index (χ3n) is 4.68. The number of nitrogens with one attached hydrogen (secondary N) is 1. The van der Waals surface area contributed by atoms with E-state index in [2.05, 4.69) is 9.62 Å². The summed E-state index contributed by atoms with van der Waals surface area (Å²) in [6.07, 6.45) is 3.47. The average molecular weight is 387 g/mol. The first-order chi connectivity index (χ1) is 12.5. The van der Waals surface area contributed by atoms with Crippen LogP contribution in [0.25, 0.3) is 0 Å². The maximum atomic E-state index is 12.2. The smallest absolute Gasteiger partial charge is 0.213 e. The molecule has 1 aromatic rings. The number of benzene rings is 1. The maximum absolute atomic E-state index is 12.2. The fraction of sp³-hybridized carbons (Fsp3) is 0.667. The van der Waals surface area contributed by atoms with Crippen molar-refractivity contribution < 1.29 is 22.6 Å². The Kier molecular flexibility index (Phi) is 8.15. The fourth-order valence-electron chi connectivity index (χ4n) is 3.22. The van der Waals surface area contributed by atoms with Crippen LogP contribution >= 0.6 is 0 Å². The molecule has 7 nitrogen and oxygen atoms in total. The van der Waals surface area contributed by atoms with Crippen LogP contribution in [0.5, 0.6) is 11.5 Å². The molecule has 1 saturated heterocycles. The SMILES string of the molecule is COCCS(=O)(=O)NCC(c1ccc(OC)c(OC)c1)N1CCCCC1. The van der Waals surface area contributed by atoms with E-state index in [4.69, 9.17) is 14.2 Å². The van der Waals surface area contributed by atoms with Crippen molar-refractivity contribution in [1.29, 1.82) is 0 Å². The first-order valence-corrected chi connectivity index (χ1v) is 10.6. The summed E-state index contributed by atoms with van der Waals surface area (Å²) >= 11 is 0. The van der Waals surface area contributed by atoms with Gasteiger partial charge in [0.25, 0.3) is 0 Å². The molecule has 1 N–H and O–H groups in total. The summed E-state index contributed by atoms with van der Waals surface area (Å²) < 4.78 is 42.7. The second kappa shape index (κ2) is 10.1. The summed E-state index contributed by atoms with van der Waals surface area (Å²) in [6, 6.07) is 5.73. The largest absolute Gasteiger partial charge is 0.493 e. The van der Waals surface area contributed by atoms with Gasteiger partial charge in [0.2, 0.25) is 10.0 Å². The van der Waals surface area contributed by atoms with Crippen LogP contribution < -0.4 is 14.2 Å². The summed E-state index contributed by atoms with van der Waals surface area (Å²) in [6.45, 7) is 2.42. The molecule has 1 aliphatic heterocycles. The summed E-state index contributed by atoms with van der Waals surface area (Å²) in [5.74, 6) is 1.27. The molecule has 1 unspecified atom stereocenters. The molecule has 0 bridgehead atoms. The number of sulfonamides is 1. The van der Waals surface area contributed by atoms with Gasteiger partial charge in [0, 0.05) is 19.7 Å². The third kappa shape index (κ3) is 5.84. The molecule has 1 aromatic carbocycles. The maximum Gasteiger partial charge on any atom is 0.213 e. The first-order valence-electron chi connectivity index (χ1n) is 8.93. The first kappa shape index (κ1) is 21.0. The van der Waals surface area contributed by atoms with Gasteiger partial charge in [-0.1, -0.05) is 12.5 Å². The number of hydrogen-bond acceptors (Lipinski definition) is 6. The highest BCUT2D eigenvalue weighted by atomic mass is 32.2. The number of ether oxygens (including phenoxy) is 3. The Morgan fingerprint density at radius 3 is 2.38 bits per heavy atom. The van der Waals surface area contributed by atoms with Crippen molar-refractivity contribution >= 4 is 10.0 Å². The van der Waals surface area contributed by atoms with E-state index in [1.807, 2.05) is 18.2 Å². The van der Waals surface area contributed by atoms with Gasteiger partial charge in [0.1, 0.15) is 0 Å². The normalized spacial score (nSPS) is 17.0. The lowest BCUT2D eigenvalue weighted by Gasteiger charge is -2.35. The lowest BCUT2D eigenvalue weighted by atomic mass is 10.0. The molecule has 0 radical (unpaired) electrons. The monoisotopic (exact) mass is 386 g/mol. The number of rotatable bonds is 10. The van der Waals surface area contributed by atoms with Crippen molar-refractivity contribution in [3.63, 3.8) is 0 Å². The van der Waals surface area contributed by atoms with Gasteiger partial charge in [0.05, 0.1) is 26.6 Å². The molecule has 0 spiro atoms. The van der Waals surface area contributed by atoms with Crippen molar-refractivity contribution in [3.05, 3.63) is 23.8 Å². The topological polar surface area (TPSA) is 77.1 Å². The van der Waals surface area contributed by atoms with Gasteiger partial charge in [0.15, 0.2) is 11.5 Å². The molecule has 0 aliphatic carbocycles. The van der Waals surface area contributed by atoms with Gasteiger partial charge in [-0.15, -0.1) is 0 Å². The van der Waals surface area contributed by atoms with Gasteiger partial charge < -0.3 is 14.2 Å². The van der Waals surface area contributed by atoms with Crippen molar-refractivity contribution in [3.8, 4) is 11.5 Å². The van der Waals surface area contributed by atoms with Crippen molar-refractivity contribution in [2.45, 2.75) is 25.3 Å². The Morgan fingerprint density at radius 2 is 1.77 bits per heavy atom. The molecule has 0 amide bonds. The van der Waals surface area contributed by atoms with Crippen LogP contribution in [0, 0.1) is 0 Å². The molecular weight excluding hydrogens is 356 g/mol. The van der Waals surface area contributed by atoms with Crippen LogP contribution in [0.4, 0.5) is 0 Å². The third-order valence-corrected chi connectivity index (χ3v) is 5.99. The lowest BCUT2D eigenvalue weighted by molar-refractivity contribution is 0.164. The minimum atomic E-state index is -3.37. The Morgan fingerprint density at radius 1 is 1.08 bits per heavy atom. The van der Waals surface area contributed by atoms with E-state index in [-0.39, 0.29) is 18.4 Å². The fourth-order valence-corrected chi connectivity index (χ4v) is 4.16. The molecular formula is C18H30N2O5S. The molecule has 1 aliphatic rings. The van der Waals surface area contributed by atoms with Crippen LogP contribution in [0.1, 0.15) is 30.9 Å². The van der Waals surface area contributed by atoms with E-state index in [9.17, 15) is 8.42 Å². The zero-order valence-electron chi connectivity index (χ0n) is 15.9. The quantitative estimate of drug-likeness (QED) is 0.661. The van der Waals surface area contributed by atoms with Gasteiger partial charge in [-0.2, -0.15) is 0 Å². The van der Waals surface area contributed by atoms with Crippen LogP contribution in [-0.4, -0.2) is 66.6 Å². The van der Waals surface area contributed by atoms with Gasteiger partial charge in [-0.05, 0) is 43.6 Å². The van der Waals surface area contributed by atoms with Crippen molar-refractivity contribution in [2.75, 3.05) is 53.3 Å². The minimum Gasteiger partial charge on any atom is -0.493 e. The van der Waals surface area contributed by atoms with E-state index >= 15 is 0 Å². The number of hydrogen-bond donors (Lipinski definition) is 1.